The second-order valence-electron chi connectivity index (χ2n) is 13.0. The molecule has 2 aromatic carbocycles. The number of phenols is 3. The fourth-order valence-electron chi connectivity index (χ4n) is 6.15. The molecule has 1 aromatic heterocycles. The Hall–Kier alpha value is -3.91. The Bertz CT molecular complexity index is 1850. The molecule has 3 fully saturated rings. The molecule has 54 heavy (non-hydrogen) atoms. The number of hydrogen-bond acceptors (Lipinski definition) is 21. The molecule has 0 bridgehead atoms. The minimum Gasteiger partial charge on any atom is -0.508 e. The fraction of sp³-hybridized carbons (Fsp3) is 0.545. The summed E-state index contributed by atoms with van der Waals surface area (Å²) in [6, 6.07) is 5.13. The summed E-state index contributed by atoms with van der Waals surface area (Å²) in [5, 5.41) is 124. The number of hydrogen-bond donors (Lipinski definition) is 12. The number of rotatable bonds is 9. The van der Waals surface area contributed by atoms with Crippen LogP contribution in [0.1, 0.15) is 6.92 Å². The molecular formula is C33H40O21. The van der Waals surface area contributed by atoms with Crippen molar-refractivity contribution in [3.05, 3.63) is 40.6 Å². The molecule has 3 saturated heterocycles. The summed E-state index contributed by atoms with van der Waals surface area (Å²) >= 11 is 0. The van der Waals surface area contributed by atoms with Crippen molar-refractivity contribution in [2.24, 2.45) is 0 Å². The Morgan fingerprint density at radius 2 is 1.26 bits per heavy atom. The highest BCUT2D eigenvalue weighted by Gasteiger charge is 2.49. The zero-order valence-electron chi connectivity index (χ0n) is 28.3. The van der Waals surface area contributed by atoms with Crippen molar-refractivity contribution in [1.29, 1.82) is 0 Å². The van der Waals surface area contributed by atoms with Gasteiger partial charge in [-0.05, 0) is 25.1 Å². The van der Waals surface area contributed by atoms with Crippen molar-refractivity contribution in [2.75, 3.05) is 13.7 Å². The van der Waals surface area contributed by atoms with Crippen LogP contribution in [0, 0.1) is 0 Å². The van der Waals surface area contributed by atoms with Crippen molar-refractivity contribution >= 4 is 11.0 Å². The summed E-state index contributed by atoms with van der Waals surface area (Å²) in [5.41, 5.74) is -1.62. The van der Waals surface area contributed by atoms with Gasteiger partial charge in [0, 0.05) is 24.8 Å². The Labute approximate surface area is 303 Å². The smallest absolute Gasteiger partial charge is 0.239 e. The van der Waals surface area contributed by atoms with E-state index in [2.05, 4.69) is 0 Å². The van der Waals surface area contributed by atoms with E-state index in [0.29, 0.717) is 0 Å². The first kappa shape index (κ1) is 39.8. The predicted octanol–water partition coefficient (Wildman–Crippen LogP) is -3.60. The summed E-state index contributed by atoms with van der Waals surface area (Å²) in [4.78, 5) is 14.4. The first-order valence-corrected chi connectivity index (χ1v) is 16.4. The van der Waals surface area contributed by atoms with Crippen molar-refractivity contribution in [3.63, 3.8) is 0 Å². The number of phenolic OH excluding ortho intramolecular Hbond substituents is 3. The molecule has 0 saturated carbocycles. The van der Waals surface area contributed by atoms with Gasteiger partial charge in [-0.25, -0.2) is 0 Å². The summed E-state index contributed by atoms with van der Waals surface area (Å²) in [7, 11) is 1.14. The van der Waals surface area contributed by atoms with Gasteiger partial charge in [-0.2, -0.15) is 0 Å². The van der Waals surface area contributed by atoms with Crippen LogP contribution in [-0.4, -0.2) is 167 Å². The molecule has 3 aromatic rings. The van der Waals surface area contributed by atoms with Gasteiger partial charge in [-0.15, -0.1) is 0 Å². The van der Waals surface area contributed by atoms with Crippen LogP contribution >= 0.6 is 0 Å². The van der Waals surface area contributed by atoms with Crippen molar-refractivity contribution < 1.29 is 98.9 Å². The van der Waals surface area contributed by atoms with E-state index in [1.165, 1.54) is 13.0 Å². The molecule has 0 amide bonds. The Morgan fingerprint density at radius 1 is 0.648 bits per heavy atom. The Morgan fingerprint density at radius 3 is 1.93 bits per heavy atom. The lowest BCUT2D eigenvalue weighted by Gasteiger charge is -2.42. The zero-order valence-corrected chi connectivity index (χ0v) is 28.3. The van der Waals surface area contributed by atoms with Crippen molar-refractivity contribution in [2.45, 2.75) is 99.2 Å². The molecule has 0 aliphatic carbocycles. The summed E-state index contributed by atoms with van der Waals surface area (Å²) in [6.45, 7) is 0.732. The molecule has 1 unspecified atom stereocenters. The zero-order chi connectivity index (χ0) is 39.3. The summed E-state index contributed by atoms with van der Waals surface area (Å²) in [6.07, 6.45) is -25.6. The van der Waals surface area contributed by atoms with Crippen LogP contribution in [-0.2, 0) is 23.7 Å². The van der Waals surface area contributed by atoms with Crippen LogP contribution in [0.15, 0.2) is 39.5 Å². The maximum atomic E-state index is 14.4. The van der Waals surface area contributed by atoms with Gasteiger partial charge in [0.15, 0.2) is 29.8 Å². The minimum atomic E-state index is -2.07. The number of benzene rings is 2. The van der Waals surface area contributed by atoms with Crippen LogP contribution in [0.4, 0.5) is 0 Å². The Kier molecular flexibility index (Phi) is 11.5. The second kappa shape index (κ2) is 15.7. The molecular weight excluding hydrogens is 732 g/mol. The lowest BCUT2D eigenvalue weighted by molar-refractivity contribution is -0.327. The van der Waals surface area contributed by atoms with E-state index in [-0.39, 0.29) is 5.56 Å². The SMILES string of the molecule is CO[C@@H]1OC(Oc2cc(O)cc3oc(-c4ccc(O)c(O)c4)c(O[C@@H]4O[C@H](CO[C@@H]5O[C@@H](C)[C@H](O)[C@@H](O)[C@H]5O)[C@@H](O)[C@H](O)[C@H]4O)c(=O)c23)[C@@H](O)[C@H](O)[C@H]1O. The number of ether oxygens (including phenoxy) is 7. The quantitative estimate of drug-likeness (QED) is 0.0935. The Balaban J connectivity index is 1.38. The van der Waals surface area contributed by atoms with Gasteiger partial charge in [0.2, 0.25) is 23.8 Å². The van der Waals surface area contributed by atoms with Crippen LogP contribution in [0.25, 0.3) is 22.3 Å². The minimum absolute atomic E-state index is 0.111. The average Bonchev–Trinajstić information content (AvgIpc) is 3.14. The molecule has 6 rings (SSSR count). The molecule has 21 heteroatoms. The van der Waals surface area contributed by atoms with E-state index in [9.17, 15) is 66.1 Å². The molecule has 298 valence electrons. The van der Waals surface area contributed by atoms with Gasteiger partial charge >= 0.3 is 0 Å². The van der Waals surface area contributed by atoms with Gasteiger partial charge in [0.05, 0.1) is 12.7 Å². The van der Waals surface area contributed by atoms with Crippen LogP contribution in [0.3, 0.4) is 0 Å². The largest absolute Gasteiger partial charge is 0.508 e. The summed E-state index contributed by atoms with van der Waals surface area (Å²) in [5.74, 6) is -3.57. The first-order valence-electron chi connectivity index (χ1n) is 16.4. The maximum Gasteiger partial charge on any atom is 0.239 e. The molecule has 4 heterocycles. The topological polar surface area (TPSA) is 338 Å². The van der Waals surface area contributed by atoms with Gasteiger partial charge in [0.1, 0.15) is 83.5 Å². The maximum absolute atomic E-state index is 14.4. The van der Waals surface area contributed by atoms with Crippen LogP contribution in [0.5, 0.6) is 28.7 Å². The lowest BCUT2D eigenvalue weighted by atomic mass is 9.98. The van der Waals surface area contributed by atoms with E-state index in [0.717, 1.165) is 31.4 Å². The highest BCUT2D eigenvalue weighted by molar-refractivity contribution is 5.88. The normalized spacial score (nSPS) is 37.3. The van der Waals surface area contributed by atoms with Crippen LogP contribution in [0.2, 0.25) is 0 Å². The number of aliphatic hydroxyl groups excluding tert-OH is 9. The van der Waals surface area contributed by atoms with E-state index in [4.69, 9.17) is 37.6 Å². The van der Waals surface area contributed by atoms with Gasteiger partial charge < -0.3 is 98.9 Å². The lowest BCUT2D eigenvalue weighted by Crippen LogP contribution is -2.61. The van der Waals surface area contributed by atoms with E-state index >= 15 is 0 Å². The highest BCUT2D eigenvalue weighted by atomic mass is 16.8. The third-order valence-electron chi connectivity index (χ3n) is 9.28. The number of aromatic hydroxyl groups is 3. The molecule has 3 aliphatic heterocycles. The second-order valence-corrected chi connectivity index (χ2v) is 13.0. The van der Waals surface area contributed by atoms with Crippen LogP contribution < -0.4 is 14.9 Å². The number of aliphatic hydroxyl groups is 9. The molecule has 21 nitrogen and oxygen atoms in total. The van der Waals surface area contributed by atoms with E-state index in [1.807, 2.05) is 0 Å². The average molecular weight is 773 g/mol. The van der Waals surface area contributed by atoms with Gasteiger partial charge in [-0.3, -0.25) is 4.79 Å². The predicted molar refractivity (Wildman–Crippen MR) is 173 cm³/mol. The standard InChI is InChI=1S/C33H40O21/c1-9-18(37)21(40)25(44)31(49-9)48-8-16-19(38)22(41)26(45)32(52-16)53-29-20(39)17-14(50-28(29)10-3-4-12(35)13(36)5-10)6-11(34)7-15(17)51-33-27(46)23(42)24(43)30(47-2)54-33/h3-7,9,16,18-19,21-27,30-38,40-46H,8H2,1-2H3/t9-,16+,18-,19+,21+,22-,23+,24+,25+,26+,27-,30+,31+,32-,33?/m0/s1. The monoisotopic (exact) mass is 772 g/mol. The first-order chi connectivity index (χ1) is 25.5. The molecule has 0 radical (unpaired) electrons. The van der Waals surface area contributed by atoms with Crippen molar-refractivity contribution in [1.82, 2.24) is 0 Å². The van der Waals surface area contributed by atoms with Gasteiger partial charge in [-0.1, -0.05) is 0 Å². The molecule has 3 aliphatic rings. The van der Waals surface area contributed by atoms with E-state index in [1.54, 1.807) is 0 Å². The third kappa shape index (κ3) is 7.39. The van der Waals surface area contributed by atoms with Gasteiger partial charge in [0.25, 0.3) is 0 Å². The number of fused-ring (bicyclic) bond motifs is 1. The highest BCUT2D eigenvalue weighted by Crippen LogP contribution is 2.40. The molecule has 0 spiro atoms. The fourth-order valence-corrected chi connectivity index (χ4v) is 6.15. The number of methoxy groups -OCH3 is 1. The summed E-state index contributed by atoms with van der Waals surface area (Å²) < 4.78 is 44.4. The third-order valence-corrected chi connectivity index (χ3v) is 9.28. The van der Waals surface area contributed by atoms with E-state index < -0.39 is 150 Å². The molecule has 15 atom stereocenters. The molecule has 12 N–H and O–H groups in total. The van der Waals surface area contributed by atoms with Crippen molar-refractivity contribution in [3.8, 4) is 40.1 Å².